The van der Waals surface area contributed by atoms with Crippen LogP contribution in [0.15, 0.2) is 53.5 Å². The second-order valence-corrected chi connectivity index (χ2v) is 14.2. The molecule has 0 radical (unpaired) electrons. The Morgan fingerprint density at radius 3 is 2.50 bits per heavy atom. The number of hydrogen-bond donors (Lipinski definition) is 1. The van der Waals surface area contributed by atoms with E-state index in [1.54, 1.807) is 28.8 Å². The van der Waals surface area contributed by atoms with Crippen LogP contribution in [0.3, 0.4) is 0 Å². The highest BCUT2D eigenvalue weighted by molar-refractivity contribution is 7.92. The lowest BCUT2D eigenvalue weighted by Crippen LogP contribution is -2.39. The molecule has 2 aromatic heterocycles. The molecule has 1 aliphatic carbocycles. The van der Waals surface area contributed by atoms with Gasteiger partial charge in [0.25, 0.3) is 5.91 Å². The van der Waals surface area contributed by atoms with E-state index in [4.69, 9.17) is 28.3 Å². The van der Waals surface area contributed by atoms with E-state index in [2.05, 4.69) is 4.98 Å². The number of carbonyl (C=O) groups is 1. The lowest BCUT2D eigenvalue weighted by molar-refractivity contribution is 0.0673. The van der Waals surface area contributed by atoms with Gasteiger partial charge in [0.15, 0.2) is 9.84 Å². The molecule has 1 aliphatic heterocycles. The first-order valence-electron chi connectivity index (χ1n) is 13.4. The van der Waals surface area contributed by atoms with Crippen molar-refractivity contribution in [2.75, 3.05) is 12.8 Å². The van der Waals surface area contributed by atoms with Gasteiger partial charge in [-0.3, -0.25) is 14.3 Å². The summed E-state index contributed by atoms with van der Waals surface area (Å²) in [6.07, 6.45) is 4.25. The van der Waals surface area contributed by atoms with Crippen molar-refractivity contribution in [3.8, 4) is 22.4 Å². The first-order chi connectivity index (χ1) is 19.8. The predicted molar refractivity (Wildman–Crippen MR) is 160 cm³/mol. The number of H-pyrrole nitrogens is 1. The third-order valence-electron chi connectivity index (χ3n) is 8.38. The molecular formula is C30H27Cl2FN4O4S. The van der Waals surface area contributed by atoms with Gasteiger partial charge in [-0.25, -0.2) is 12.8 Å². The number of aryl methyl sites for hydroxylation is 1. The topological polar surface area (TPSA) is 105 Å². The van der Waals surface area contributed by atoms with Gasteiger partial charge in [0.2, 0.25) is 5.56 Å². The van der Waals surface area contributed by atoms with Crippen LogP contribution >= 0.6 is 23.2 Å². The predicted octanol–water partition coefficient (Wildman–Crippen LogP) is 5.68. The van der Waals surface area contributed by atoms with E-state index >= 15 is 0 Å². The van der Waals surface area contributed by atoms with Gasteiger partial charge in [0.05, 0.1) is 32.8 Å². The number of fused-ring (bicyclic) bond motifs is 1. The van der Waals surface area contributed by atoms with Crippen molar-refractivity contribution in [3.05, 3.63) is 97.3 Å². The molecule has 42 heavy (non-hydrogen) atoms. The number of halogens is 3. The molecule has 218 valence electrons. The fourth-order valence-electron chi connectivity index (χ4n) is 6.05. The summed E-state index contributed by atoms with van der Waals surface area (Å²) in [7, 11) is -1.53. The highest BCUT2D eigenvalue weighted by Crippen LogP contribution is 2.53. The van der Waals surface area contributed by atoms with E-state index in [1.807, 2.05) is 13.0 Å². The normalized spacial score (nSPS) is 17.7. The average Bonchev–Trinajstić information content (AvgIpc) is 3.68. The van der Waals surface area contributed by atoms with E-state index in [1.165, 1.54) is 30.7 Å². The average molecular weight is 630 g/mol. The molecular weight excluding hydrogens is 602 g/mol. The molecule has 3 heterocycles. The molecule has 6 rings (SSSR count). The number of rotatable bonds is 5. The highest BCUT2D eigenvalue weighted by Gasteiger charge is 2.53. The van der Waals surface area contributed by atoms with Crippen LogP contribution in [-0.4, -0.2) is 46.8 Å². The SMILES string of the molecule is CC1c2nn(C)c(-c3cc(Cl)cc(C4(S(C)(=O)=O)CC4)c3)c2CCN1C(=O)c1cc(F)cc(-c2ccc(=O)[nH]c2)c1Cl. The van der Waals surface area contributed by atoms with Gasteiger partial charge >= 0.3 is 0 Å². The van der Waals surface area contributed by atoms with Gasteiger partial charge in [0, 0.05) is 53.8 Å². The summed E-state index contributed by atoms with van der Waals surface area (Å²) in [6.45, 7) is 2.18. The quantitative estimate of drug-likeness (QED) is 0.306. The van der Waals surface area contributed by atoms with Crippen molar-refractivity contribution >= 4 is 38.9 Å². The van der Waals surface area contributed by atoms with E-state index in [9.17, 15) is 22.4 Å². The Labute approximate surface area is 252 Å². The second-order valence-electron chi connectivity index (χ2n) is 11.0. The molecule has 0 saturated heterocycles. The molecule has 1 saturated carbocycles. The zero-order chi connectivity index (χ0) is 30.1. The summed E-state index contributed by atoms with van der Waals surface area (Å²) >= 11 is 13.2. The van der Waals surface area contributed by atoms with E-state index in [0.29, 0.717) is 53.2 Å². The molecule has 1 fully saturated rings. The Morgan fingerprint density at radius 2 is 1.86 bits per heavy atom. The molecule has 8 nitrogen and oxygen atoms in total. The summed E-state index contributed by atoms with van der Waals surface area (Å²) in [5.74, 6) is -1.07. The zero-order valence-corrected chi connectivity index (χ0v) is 25.4. The largest absolute Gasteiger partial charge is 0.330 e. The molecule has 4 aromatic rings. The summed E-state index contributed by atoms with van der Waals surface area (Å²) < 4.78 is 40.8. The lowest BCUT2D eigenvalue weighted by Gasteiger charge is -2.33. The maximum atomic E-state index is 14.7. The Morgan fingerprint density at radius 1 is 1.12 bits per heavy atom. The molecule has 2 aromatic carbocycles. The fourth-order valence-corrected chi connectivity index (χ4v) is 7.97. The summed E-state index contributed by atoms with van der Waals surface area (Å²) in [5, 5.41) is 5.27. The number of nitrogens with one attached hydrogen (secondary N) is 1. The molecule has 1 atom stereocenters. The van der Waals surface area contributed by atoms with Gasteiger partial charge in [-0.05, 0) is 73.7 Å². The molecule has 0 bridgehead atoms. The minimum absolute atomic E-state index is 0.0133. The standard InChI is InChI=1S/C30H27Cl2FN4O4S/c1-16-27-22(28(36(2)35-27)18-10-19(12-20(31)11-18)30(7-8-30)42(3,40)41)6-9-37(16)29(39)24-14-21(33)13-23(26(24)32)17-4-5-25(38)34-15-17/h4-5,10-16H,6-9H2,1-3H3,(H,34,38). The maximum Gasteiger partial charge on any atom is 0.256 e. The monoisotopic (exact) mass is 628 g/mol. The molecule has 12 heteroatoms. The number of aromatic amines is 1. The molecule has 2 aliphatic rings. The summed E-state index contributed by atoms with van der Waals surface area (Å²) in [6, 6.07) is 10.1. The second kappa shape index (κ2) is 10.1. The number of sulfone groups is 1. The lowest BCUT2D eigenvalue weighted by atomic mass is 9.93. The van der Waals surface area contributed by atoms with Crippen molar-refractivity contribution in [2.24, 2.45) is 7.05 Å². The number of pyridine rings is 1. The Hall–Kier alpha value is -3.47. The van der Waals surface area contributed by atoms with Crippen molar-refractivity contribution in [1.29, 1.82) is 0 Å². The van der Waals surface area contributed by atoms with E-state index < -0.39 is 32.4 Å². The van der Waals surface area contributed by atoms with Crippen molar-refractivity contribution in [3.63, 3.8) is 0 Å². The van der Waals surface area contributed by atoms with Crippen LogP contribution < -0.4 is 5.56 Å². The molecule has 1 unspecified atom stereocenters. The van der Waals surface area contributed by atoms with Crippen LogP contribution in [0.2, 0.25) is 10.0 Å². The van der Waals surface area contributed by atoms with Gasteiger partial charge in [0.1, 0.15) is 5.82 Å². The Balaban J connectivity index is 1.36. The van der Waals surface area contributed by atoms with Crippen molar-refractivity contribution in [1.82, 2.24) is 19.7 Å². The molecule has 0 spiro atoms. The number of carbonyl (C=O) groups excluding carboxylic acids is 1. The van der Waals surface area contributed by atoms with Gasteiger partial charge in [-0.15, -0.1) is 0 Å². The Bertz CT molecular complexity index is 1930. The molecule has 1 N–H and O–H groups in total. The number of nitrogens with zero attached hydrogens (tertiary/aromatic N) is 3. The van der Waals surface area contributed by atoms with Crippen LogP contribution in [-0.2, 0) is 28.1 Å². The smallest absolute Gasteiger partial charge is 0.256 e. The van der Waals surface area contributed by atoms with Crippen molar-refractivity contribution < 1.29 is 17.6 Å². The number of aromatic nitrogens is 3. The van der Waals surface area contributed by atoms with Crippen molar-refractivity contribution in [2.45, 2.75) is 37.0 Å². The summed E-state index contributed by atoms with van der Waals surface area (Å²) in [4.78, 5) is 29.5. The van der Waals surface area contributed by atoms with Crippen LogP contribution in [0.5, 0.6) is 0 Å². The van der Waals surface area contributed by atoms with Gasteiger partial charge in [-0.1, -0.05) is 23.2 Å². The highest BCUT2D eigenvalue weighted by atomic mass is 35.5. The fraction of sp³-hybridized carbons (Fsp3) is 0.300. The van der Waals surface area contributed by atoms with Crippen LogP contribution in [0.25, 0.3) is 22.4 Å². The van der Waals surface area contributed by atoms with Crippen LogP contribution in [0.4, 0.5) is 4.39 Å². The third-order valence-corrected chi connectivity index (χ3v) is 11.1. The summed E-state index contributed by atoms with van der Waals surface area (Å²) in [5.41, 5.74) is 4.32. The van der Waals surface area contributed by atoms with E-state index in [-0.39, 0.29) is 16.1 Å². The Kier molecular flexibility index (Phi) is 6.87. The first kappa shape index (κ1) is 28.6. The van der Waals surface area contributed by atoms with E-state index in [0.717, 1.165) is 22.9 Å². The first-order valence-corrected chi connectivity index (χ1v) is 16.0. The number of benzene rings is 2. The zero-order valence-electron chi connectivity index (χ0n) is 23.0. The van der Waals surface area contributed by atoms with Crippen LogP contribution in [0, 0.1) is 5.82 Å². The van der Waals surface area contributed by atoms with Gasteiger partial charge in [-0.2, -0.15) is 5.10 Å². The minimum atomic E-state index is -3.33. The molecule has 1 amide bonds. The van der Waals surface area contributed by atoms with Gasteiger partial charge < -0.3 is 9.88 Å². The maximum absolute atomic E-state index is 14.7. The third kappa shape index (κ3) is 4.66. The minimum Gasteiger partial charge on any atom is -0.330 e. The number of hydrogen-bond acceptors (Lipinski definition) is 5. The van der Waals surface area contributed by atoms with Crippen LogP contribution in [0.1, 0.15) is 53.0 Å². The number of amides is 1.